The van der Waals surface area contributed by atoms with Gasteiger partial charge in [0.2, 0.25) is 0 Å². The van der Waals surface area contributed by atoms with Crippen molar-refractivity contribution in [2.24, 2.45) is 5.92 Å². The predicted octanol–water partition coefficient (Wildman–Crippen LogP) is 3.46. The van der Waals surface area contributed by atoms with Crippen molar-refractivity contribution in [1.82, 2.24) is 10.3 Å². The monoisotopic (exact) mass is 339 g/mol. The number of aromatic nitrogens is 1. The first-order chi connectivity index (χ1) is 11.8. The predicted molar refractivity (Wildman–Crippen MR) is 99.2 cm³/mol. The van der Waals surface area contributed by atoms with Crippen molar-refractivity contribution < 1.29 is 9.59 Å². The maximum absolute atomic E-state index is 12.4. The summed E-state index contributed by atoms with van der Waals surface area (Å²) >= 11 is 0. The molecule has 1 aromatic heterocycles. The summed E-state index contributed by atoms with van der Waals surface area (Å²) in [6.45, 7) is 9.78. The van der Waals surface area contributed by atoms with Crippen LogP contribution in [0, 0.1) is 26.7 Å². The van der Waals surface area contributed by atoms with E-state index in [9.17, 15) is 9.59 Å². The van der Waals surface area contributed by atoms with Gasteiger partial charge in [0.1, 0.15) is 0 Å². The molecular formula is C20H25N3O2. The Bertz CT molecular complexity index is 747. The summed E-state index contributed by atoms with van der Waals surface area (Å²) < 4.78 is 0. The minimum atomic E-state index is -0.670. The fourth-order valence-electron chi connectivity index (χ4n) is 2.90. The SMILES string of the molecule is Cc1cc(C)c(NC(=O)C(=O)N[C@@H](c2ccccn2)C(C)C)c(C)c1. The summed E-state index contributed by atoms with van der Waals surface area (Å²) in [6, 6.07) is 9.16. The molecule has 5 heteroatoms. The van der Waals surface area contributed by atoms with Gasteiger partial charge in [-0.1, -0.05) is 37.6 Å². The molecule has 1 atom stereocenters. The molecular weight excluding hydrogens is 314 g/mol. The minimum absolute atomic E-state index is 0.106. The van der Waals surface area contributed by atoms with E-state index in [4.69, 9.17) is 0 Å². The van der Waals surface area contributed by atoms with Crippen LogP contribution in [-0.4, -0.2) is 16.8 Å². The highest BCUT2D eigenvalue weighted by Gasteiger charge is 2.24. The smallest absolute Gasteiger partial charge is 0.313 e. The quantitative estimate of drug-likeness (QED) is 0.838. The Hall–Kier alpha value is -2.69. The number of carbonyl (C=O) groups excluding carboxylic acids is 2. The molecule has 0 radical (unpaired) electrons. The Morgan fingerprint density at radius 1 is 1.00 bits per heavy atom. The molecule has 0 unspecified atom stereocenters. The Morgan fingerprint density at radius 2 is 1.64 bits per heavy atom. The summed E-state index contributed by atoms with van der Waals surface area (Å²) in [5.41, 5.74) is 4.41. The Balaban J connectivity index is 2.13. The van der Waals surface area contributed by atoms with Gasteiger partial charge in [-0.3, -0.25) is 14.6 Å². The molecule has 0 aliphatic carbocycles. The number of hydrogen-bond acceptors (Lipinski definition) is 3. The van der Waals surface area contributed by atoms with Crippen molar-refractivity contribution in [3.05, 3.63) is 58.9 Å². The summed E-state index contributed by atoms with van der Waals surface area (Å²) in [5, 5.41) is 5.52. The second kappa shape index (κ2) is 7.92. The van der Waals surface area contributed by atoms with Gasteiger partial charge in [0.25, 0.3) is 0 Å². The van der Waals surface area contributed by atoms with Crippen LogP contribution in [0.2, 0.25) is 0 Å². The van der Waals surface area contributed by atoms with E-state index in [-0.39, 0.29) is 12.0 Å². The average molecular weight is 339 g/mol. The largest absolute Gasteiger partial charge is 0.339 e. The van der Waals surface area contributed by atoms with Gasteiger partial charge in [-0.05, 0) is 49.9 Å². The topological polar surface area (TPSA) is 71.1 Å². The van der Waals surface area contributed by atoms with Crippen molar-refractivity contribution in [2.45, 2.75) is 40.7 Å². The van der Waals surface area contributed by atoms with Crippen molar-refractivity contribution in [1.29, 1.82) is 0 Å². The van der Waals surface area contributed by atoms with Crippen LogP contribution in [0.4, 0.5) is 5.69 Å². The summed E-state index contributed by atoms with van der Waals surface area (Å²) in [7, 11) is 0. The molecule has 5 nitrogen and oxygen atoms in total. The third-order valence-electron chi connectivity index (χ3n) is 4.08. The maximum atomic E-state index is 12.4. The molecule has 2 rings (SSSR count). The second-order valence-corrected chi connectivity index (χ2v) is 6.68. The van der Waals surface area contributed by atoms with E-state index >= 15 is 0 Å². The molecule has 25 heavy (non-hydrogen) atoms. The number of anilines is 1. The second-order valence-electron chi connectivity index (χ2n) is 6.68. The molecule has 2 aromatic rings. The van der Waals surface area contributed by atoms with E-state index in [1.165, 1.54) is 0 Å². The zero-order valence-electron chi connectivity index (χ0n) is 15.4. The van der Waals surface area contributed by atoms with Crippen LogP contribution in [0.15, 0.2) is 36.5 Å². The molecule has 2 N–H and O–H groups in total. The zero-order valence-corrected chi connectivity index (χ0v) is 15.4. The van der Waals surface area contributed by atoms with Gasteiger partial charge in [-0.2, -0.15) is 0 Å². The number of hydrogen-bond donors (Lipinski definition) is 2. The van der Waals surface area contributed by atoms with Crippen LogP contribution in [0.25, 0.3) is 0 Å². The zero-order chi connectivity index (χ0) is 18.6. The molecule has 1 aromatic carbocycles. The van der Waals surface area contributed by atoms with E-state index in [2.05, 4.69) is 15.6 Å². The molecule has 0 saturated heterocycles. The Morgan fingerprint density at radius 3 is 2.16 bits per heavy atom. The first-order valence-corrected chi connectivity index (χ1v) is 8.40. The fraction of sp³-hybridized carbons (Fsp3) is 0.350. The number of pyridine rings is 1. The number of carbonyl (C=O) groups is 2. The van der Waals surface area contributed by atoms with Gasteiger partial charge in [0.15, 0.2) is 0 Å². The molecule has 0 saturated carbocycles. The van der Waals surface area contributed by atoms with Crippen molar-refractivity contribution in [3.8, 4) is 0 Å². The number of nitrogens with one attached hydrogen (secondary N) is 2. The molecule has 0 bridgehead atoms. The molecule has 2 amide bonds. The highest BCUT2D eigenvalue weighted by molar-refractivity contribution is 6.39. The molecule has 132 valence electrons. The number of benzene rings is 1. The highest BCUT2D eigenvalue weighted by Crippen LogP contribution is 2.22. The molecule has 0 aliphatic heterocycles. The normalized spacial score (nSPS) is 11.9. The maximum Gasteiger partial charge on any atom is 0.313 e. The minimum Gasteiger partial charge on any atom is -0.339 e. The Kier molecular flexibility index (Phi) is 5.91. The van der Waals surface area contributed by atoms with Gasteiger partial charge in [-0.15, -0.1) is 0 Å². The first kappa shape index (κ1) is 18.6. The summed E-state index contributed by atoms with van der Waals surface area (Å²) in [5.74, 6) is -1.23. The van der Waals surface area contributed by atoms with E-state index in [0.717, 1.165) is 22.4 Å². The van der Waals surface area contributed by atoms with E-state index in [1.807, 2.05) is 65.0 Å². The van der Waals surface area contributed by atoms with Crippen LogP contribution >= 0.6 is 0 Å². The van der Waals surface area contributed by atoms with Crippen molar-refractivity contribution in [3.63, 3.8) is 0 Å². The van der Waals surface area contributed by atoms with Crippen molar-refractivity contribution in [2.75, 3.05) is 5.32 Å². The summed E-state index contributed by atoms with van der Waals surface area (Å²) in [6.07, 6.45) is 1.68. The molecule has 0 spiro atoms. The van der Waals surface area contributed by atoms with Crippen LogP contribution in [0.3, 0.4) is 0 Å². The number of nitrogens with zero attached hydrogens (tertiary/aromatic N) is 1. The van der Waals surface area contributed by atoms with E-state index < -0.39 is 11.8 Å². The van der Waals surface area contributed by atoms with Gasteiger partial charge in [0, 0.05) is 11.9 Å². The van der Waals surface area contributed by atoms with E-state index in [1.54, 1.807) is 6.20 Å². The van der Waals surface area contributed by atoms with Crippen LogP contribution in [-0.2, 0) is 9.59 Å². The lowest BCUT2D eigenvalue weighted by Gasteiger charge is -2.22. The number of rotatable bonds is 4. The van der Waals surface area contributed by atoms with Gasteiger partial charge in [-0.25, -0.2) is 0 Å². The summed E-state index contributed by atoms with van der Waals surface area (Å²) in [4.78, 5) is 29.0. The standard InChI is InChI=1S/C20H25N3O2/c1-12(2)17(16-8-6-7-9-21-16)22-19(24)20(25)23-18-14(4)10-13(3)11-15(18)5/h6-12,17H,1-5H3,(H,22,24)(H,23,25)/t17-/m1/s1. The average Bonchev–Trinajstić information content (AvgIpc) is 2.55. The lowest BCUT2D eigenvalue weighted by atomic mass is 10.00. The van der Waals surface area contributed by atoms with Gasteiger partial charge < -0.3 is 10.6 Å². The highest BCUT2D eigenvalue weighted by atomic mass is 16.2. The molecule has 0 aliphatic rings. The number of amides is 2. The molecule has 1 heterocycles. The number of aryl methyl sites for hydroxylation is 3. The lowest BCUT2D eigenvalue weighted by Crippen LogP contribution is -2.40. The van der Waals surface area contributed by atoms with Crippen LogP contribution in [0.5, 0.6) is 0 Å². The van der Waals surface area contributed by atoms with Crippen LogP contribution in [0.1, 0.15) is 42.3 Å². The Labute approximate surface area is 148 Å². The van der Waals surface area contributed by atoms with Crippen molar-refractivity contribution >= 4 is 17.5 Å². The third kappa shape index (κ3) is 4.66. The molecule has 0 fully saturated rings. The van der Waals surface area contributed by atoms with Gasteiger partial charge >= 0.3 is 11.8 Å². The van der Waals surface area contributed by atoms with Crippen LogP contribution < -0.4 is 10.6 Å². The first-order valence-electron chi connectivity index (χ1n) is 8.40. The third-order valence-corrected chi connectivity index (χ3v) is 4.08. The van der Waals surface area contributed by atoms with Gasteiger partial charge in [0.05, 0.1) is 11.7 Å². The van der Waals surface area contributed by atoms with E-state index in [0.29, 0.717) is 5.69 Å². The lowest BCUT2D eigenvalue weighted by molar-refractivity contribution is -0.136. The fourth-order valence-corrected chi connectivity index (χ4v) is 2.90.